The molecule has 2 aromatic rings. The predicted octanol–water partition coefficient (Wildman–Crippen LogP) is 3.29. The summed E-state index contributed by atoms with van der Waals surface area (Å²) in [5, 5.41) is 5.88. The summed E-state index contributed by atoms with van der Waals surface area (Å²) < 4.78 is 0. The molecule has 4 N–H and O–H groups in total. The summed E-state index contributed by atoms with van der Waals surface area (Å²) in [6.45, 7) is 1.66. The molecule has 2 aromatic carbocycles. The van der Waals surface area contributed by atoms with Crippen molar-refractivity contribution in [3.8, 4) is 0 Å². The standard InChI is InChI=1S/C26H34N4O3/c27-18-10-1-2-11-19-28-23(31)17-9-12-20-30-24(32)26(29-25(30)33,21-13-5-3-6-14-21)22-15-7-4-8-16-22/h3-8,13-16H,1-2,9-12,17-20,27H2,(H,28,31)(H,29,33). The van der Waals surface area contributed by atoms with Crippen LogP contribution in [0.25, 0.3) is 0 Å². The first-order valence-corrected chi connectivity index (χ1v) is 11.8. The first-order chi connectivity index (χ1) is 16.1. The number of rotatable bonds is 13. The number of imide groups is 1. The zero-order valence-electron chi connectivity index (χ0n) is 19.1. The van der Waals surface area contributed by atoms with Gasteiger partial charge in [0, 0.05) is 19.5 Å². The Balaban J connectivity index is 1.55. The number of urea groups is 1. The van der Waals surface area contributed by atoms with Crippen LogP contribution in [0.15, 0.2) is 60.7 Å². The van der Waals surface area contributed by atoms with Gasteiger partial charge in [-0.3, -0.25) is 14.5 Å². The van der Waals surface area contributed by atoms with Crippen molar-refractivity contribution in [3.63, 3.8) is 0 Å². The van der Waals surface area contributed by atoms with Crippen molar-refractivity contribution in [2.45, 2.75) is 50.5 Å². The molecule has 1 heterocycles. The Labute approximate surface area is 195 Å². The van der Waals surface area contributed by atoms with Crippen LogP contribution in [-0.2, 0) is 15.1 Å². The number of amides is 4. The van der Waals surface area contributed by atoms with Gasteiger partial charge in [-0.2, -0.15) is 0 Å². The third-order valence-corrected chi connectivity index (χ3v) is 6.01. The highest BCUT2D eigenvalue weighted by Gasteiger charge is 2.53. The summed E-state index contributed by atoms with van der Waals surface area (Å²) in [5.41, 5.74) is 5.69. The Bertz CT molecular complexity index is 878. The minimum Gasteiger partial charge on any atom is -0.356 e. The van der Waals surface area contributed by atoms with Crippen molar-refractivity contribution in [2.75, 3.05) is 19.6 Å². The smallest absolute Gasteiger partial charge is 0.325 e. The van der Waals surface area contributed by atoms with E-state index in [4.69, 9.17) is 5.73 Å². The molecule has 0 atom stereocenters. The van der Waals surface area contributed by atoms with Gasteiger partial charge < -0.3 is 16.4 Å². The third-order valence-electron chi connectivity index (χ3n) is 6.01. The zero-order valence-corrected chi connectivity index (χ0v) is 19.1. The van der Waals surface area contributed by atoms with Gasteiger partial charge in [-0.1, -0.05) is 73.5 Å². The molecule has 1 saturated heterocycles. The Morgan fingerprint density at radius 2 is 1.45 bits per heavy atom. The van der Waals surface area contributed by atoms with Gasteiger partial charge in [0.25, 0.3) is 5.91 Å². The molecule has 1 aliphatic heterocycles. The minimum absolute atomic E-state index is 0.00828. The van der Waals surface area contributed by atoms with Crippen molar-refractivity contribution in [3.05, 3.63) is 71.8 Å². The van der Waals surface area contributed by atoms with E-state index < -0.39 is 11.6 Å². The molecule has 176 valence electrons. The van der Waals surface area contributed by atoms with Crippen LogP contribution in [0.3, 0.4) is 0 Å². The summed E-state index contributed by atoms with van der Waals surface area (Å²) in [6, 6.07) is 18.2. The lowest BCUT2D eigenvalue weighted by atomic mass is 9.82. The topological polar surface area (TPSA) is 105 Å². The molecule has 7 heteroatoms. The van der Waals surface area contributed by atoms with Gasteiger partial charge in [-0.15, -0.1) is 0 Å². The lowest BCUT2D eigenvalue weighted by molar-refractivity contribution is -0.130. The lowest BCUT2D eigenvalue weighted by Gasteiger charge is -2.28. The quantitative estimate of drug-likeness (QED) is 0.322. The summed E-state index contributed by atoms with van der Waals surface area (Å²) in [4.78, 5) is 39.7. The molecule has 3 rings (SSSR count). The van der Waals surface area contributed by atoms with Crippen LogP contribution < -0.4 is 16.4 Å². The molecule has 0 aliphatic carbocycles. The fourth-order valence-electron chi connectivity index (χ4n) is 4.21. The van der Waals surface area contributed by atoms with Crippen LogP contribution >= 0.6 is 0 Å². The third kappa shape index (κ3) is 5.99. The van der Waals surface area contributed by atoms with Crippen molar-refractivity contribution >= 4 is 17.8 Å². The first kappa shape index (κ1) is 24.5. The Kier molecular flexibility index (Phi) is 9.01. The van der Waals surface area contributed by atoms with E-state index in [9.17, 15) is 14.4 Å². The van der Waals surface area contributed by atoms with E-state index in [1.807, 2.05) is 60.7 Å². The average molecular weight is 451 g/mol. The molecule has 33 heavy (non-hydrogen) atoms. The van der Waals surface area contributed by atoms with Crippen LogP contribution in [0.5, 0.6) is 0 Å². The van der Waals surface area contributed by atoms with Gasteiger partial charge in [-0.25, -0.2) is 4.79 Å². The number of nitrogens with zero attached hydrogens (tertiary/aromatic N) is 1. The molecule has 0 aromatic heterocycles. The van der Waals surface area contributed by atoms with Crippen molar-refractivity contribution in [1.29, 1.82) is 0 Å². The molecule has 1 aliphatic rings. The van der Waals surface area contributed by atoms with E-state index in [-0.39, 0.29) is 18.4 Å². The number of unbranched alkanes of at least 4 members (excludes halogenated alkanes) is 4. The van der Waals surface area contributed by atoms with Gasteiger partial charge >= 0.3 is 6.03 Å². The predicted molar refractivity (Wildman–Crippen MR) is 128 cm³/mol. The maximum absolute atomic E-state index is 13.6. The number of carbonyl (C=O) groups is 3. The van der Waals surface area contributed by atoms with Gasteiger partial charge in [0.15, 0.2) is 5.54 Å². The Morgan fingerprint density at radius 3 is 2.06 bits per heavy atom. The summed E-state index contributed by atoms with van der Waals surface area (Å²) in [5.74, 6) is -0.277. The number of benzene rings is 2. The van der Waals surface area contributed by atoms with Gasteiger partial charge in [0.2, 0.25) is 5.91 Å². The molecular formula is C26H34N4O3. The van der Waals surface area contributed by atoms with E-state index in [2.05, 4.69) is 10.6 Å². The molecule has 0 bridgehead atoms. The second-order valence-electron chi connectivity index (χ2n) is 8.38. The number of hydrogen-bond donors (Lipinski definition) is 3. The number of nitrogens with one attached hydrogen (secondary N) is 2. The average Bonchev–Trinajstić information content (AvgIpc) is 3.10. The zero-order chi connectivity index (χ0) is 23.5. The van der Waals surface area contributed by atoms with Crippen LogP contribution in [0.1, 0.15) is 56.1 Å². The summed E-state index contributed by atoms with van der Waals surface area (Å²) in [6.07, 6.45) is 5.69. The van der Waals surface area contributed by atoms with Crippen LogP contribution in [0, 0.1) is 0 Å². The first-order valence-electron chi connectivity index (χ1n) is 11.8. The van der Waals surface area contributed by atoms with E-state index in [0.717, 1.165) is 36.8 Å². The highest BCUT2D eigenvalue weighted by atomic mass is 16.2. The minimum atomic E-state index is -1.24. The highest BCUT2D eigenvalue weighted by Crippen LogP contribution is 2.36. The molecule has 0 saturated carbocycles. The molecule has 1 fully saturated rings. The monoisotopic (exact) mass is 450 g/mol. The number of hydrogen-bond acceptors (Lipinski definition) is 4. The molecule has 7 nitrogen and oxygen atoms in total. The van der Waals surface area contributed by atoms with E-state index >= 15 is 0 Å². The maximum atomic E-state index is 13.6. The maximum Gasteiger partial charge on any atom is 0.325 e. The van der Waals surface area contributed by atoms with E-state index in [1.165, 1.54) is 4.90 Å². The molecule has 0 unspecified atom stereocenters. The van der Waals surface area contributed by atoms with E-state index in [1.54, 1.807) is 0 Å². The number of carbonyl (C=O) groups excluding carboxylic acids is 3. The van der Waals surface area contributed by atoms with Crippen LogP contribution in [0.2, 0.25) is 0 Å². The molecular weight excluding hydrogens is 416 g/mol. The van der Waals surface area contributed by atoms with Gasteiger partial charge in [-0.05, 0) is 43.4 Å². The Hall–Kier alpha value is -3.19. The normalized spacial score (nSPS) is 14.9. The second-order valence-corrected chi connectivity index (χ2v) is 8.38. The van der Waals surface area contributed by atoms with Crippen molar-refractivity contribution in [2.24, 2.45) is 5.73 Å². The molecule has 0 radical (unpaired) electrons. The van der Waals surface area contributed by atoms with Crippen molar-refractivity contribution < 1.29 is 14.4 Å². The fourth-order valence-corrected chi connectivity index (χ4v) is 4.21. The number of nitrogens with two attached hydrogens (primary N) is 1. The highest BCUT2D eigenvalue weighted by molar-refractivity contribution is 6.09. The fraction of sp³-hybridized carbons (Fsp3) is 0.423. The van der Waals surface area contributed by atoms with Crippen LogP contribution in [-0.4, -0.2) is 42.4 Å². The van der Waals surface area contributed by atoms with Gasteiger partial charge in [0.1, 0.15) is 0 Å². The summed E-state index contributed by atoms with van der Waals surface area (Å²) in [7, 11) is 0. The Morgan fingerprint density at radius 1 is 0.848 bits per heavy atom. The lowest BCUT2D eigenvalue weighted by Crippen LogP contribution is -2.45. The second kappa shape index (κ2) is 12.2. The molecule has 4 amide bonds. The summed E-state index contributed by atoms with van der Waals surface area (Å²) >= 11 is 0. The van der Waals surface area contributed by atoms with Crippen molar-refractivity contribution in [1.82, 2.24) is 15.5 Å². The van der Waals surface area contributed by atoms with Crippen LogP contribution in [0.4, 0.5) is 4.79 Å². The van der Waals surface area contributed by atoms with E-state index in [0.29, 0.717) is 32.4 Å². The molecule has 0 spiro atoms. The van der Waals surface area contributed by atoms with Gasteiger partial charge in [0.05, 0.1) is 0 Å². The largest absolute Gasteiger partial charge is 0.356 e. The SMILES string of the molecule is NCCCCCCNC(=O)CCCCN1C(=O)NC(c2ccccc2)(c2ccccc2)C1=O.